The van der Waals surface area contributed by atoms with Crippen LogP contribution in [0, 0.1) is 0 Å². The number of allylic oxidation sites excluding steroid dienone is 2. The Morgan fingerprint density at radius 3 is 2.70 bits per heavy atom. The van der Waals surface area contributed by atoms with Crippen molar-refractivity contribution in [3.8, 4) is 5.75 Å². The van der Waals surface area contributed by atoms with Gasteiger partial charge >= 0.3 is 5.97 Å². The van der Waals surface area contributed by atoms with E-state index in [2.05, 4.69) is 22.2 Å². The van der Waals surface area contributed by atoms with Gasteiger partial charge in [-0.25, -0.2) is 9.79 Å². The number of methoxy groups -OCH3 is 1. The highest BCUT2D eigenvalue weighted by Crippen LogP contribution is 2.35. The predicted molar refractivity (Wildman–Crippen MR) is 146 cm³/mol. The molecule has 5 rings (SSSR count). The van der Waals surface area contributed by atoms with Crippen LogP contribution in [-0.2, 0) is 16.1 Å². The molecule has 0 amide bonds. The maximum absolute atomic E-state index is 13.9. The fraction of sp³-hybridized carbons (Fsp3) is 0.207. The lowest BCUT2D eigenvalue weighted by Crippen LogP contribution is -2.40. The van der Waals surface area contributed by atoms with E-state index in [1.807, 2.05) is 60.8 Å². The van der Waals surface area contributed by atoms with Crippen molar-refractivity contribution in [2.24, 2.45) is 4.99 Å². The summed E-state index contributed by atoms with van der Waals surface area (Å²) in [6.45, 7) is 8.26. The number of hydrogen-bond donors (Lipinski definition) is 0. The molecule has 1 atom stereocenters. The molecule has 37 heavy (non-hydrogen) atoms. The molecule has 2 aromatic carbocycles. The first-order chi connectivity index (χ1) is 18.0. The molecule has 8 heteroatoms. The highest BCUT2D eigenvalue weighted by molar-refractivity contribution is 7.07. The summed E-state index contributed by atoms with van der Waals surface area (Å²) < 4.78 is 15.2. The van der Waals surface area contributed by atoms with E-state index in [1.165, 1.54) is 11.3 Å². The maximum Gasteiger partial charge on any atom is 0.338 e. The molecule has 0 fully saturated rings. The van der Waals surface area contributed by atoms with Gasteiger partial charge in [0.1, 0.15) is 11.8 Å². The van der Waals surface area contributed by atoms with E-state index < -0.39 is 12.0 Å². The molecular weight excluding hydrogens is 486 g/mol. The number of carbonyl (C=O) groups is 1. The molecule has 2 aromatic heterocycles. The predicted octanol–water partition coefficient (Wildman–Crippen LogP) is 3.95. The van der Waals surface area contributed by atoms with Gasteiger partial charge in [0.15, 0.2) is 4.80 Å². The number of para-hydroxylation sites is 2. The number of nitrogens with zero attached hydrogens (tertiary/aromatic N) is 3. The lowest BCUT2D eigenvalue weighted by atomic mass is 9.95. The molecule has 4 aromatic rings. The summed E-state index contributed by atoms with van der Waals surface area (Å²) in [4.78, 5) is 32.2. The van der Waals surface area contributed by atoms with Gasteiger partial charge in [-0.3, -0.25) is 9.36 Å². The normalized spacial score (nSPS) is 15.4. The van der Waals surface area contributed by atoms with Crippen molar-refractivity contribution < 1.29 is 14.3 Å². The number of aromatic nitrogens is 2. The van der Waals surface area contributed by atoms with E-state index in [9.17, 15) is 9.59 Å². The molecule has 0 aliphatic carbocycles. The smallest absolute Gasteiger partial charge is 0.338 e. The number of thiazole rings is 1. The minimum atomic E-state index is -0.726. The molecule has 1 unspecified atom stereocenters. The van der Waals surface area contributed by atoms with Gasteiger partial charge in [-0.15, -0.1) is 6.58 Å². The largest absolute Gasteiger partial charge is 0.496 e. The maximum atomic E-state index is 13.9. The third-order valence-electron chi connectivity index (χ3n) is 6.38. The Bertz CT molecular complexity index is 1740. The van der Waals surface area contributed by atoms with Crippen molar-refractivity contribution in [3.63, 3.8) is 0 Å². The van der Waals surface area contributed by atoms with E-state index in [0.717, 1.165) is 16.5 Å². The second-order valence-electron chi connectivity index (χ2n) is 8.59. The summed E-state index contributed by atoms with van der Waals surface area (Å²) in [5.74, 6) is 0.0764. The van der Waals surface area contributed by atoms with Crippen LogP contribution in [-0.4, -0.2) is 28.8 Å². The molecule has 3 heterocycles. The van der Waals surface area contributed by atoms with Crippen LogP contribution in [0.2, 0.25) is 0 Å². The zero-order chi connectivity index (χ0) is 26.1. The lowest BCUT2D eigenvalue weighted by Gasteiger charge is -2.25. The monoisotopic (exact) mass is 513 g/mol. The second-order valence-corrected chi connectivity index (χ2v) is 9.60. The Morgan fingerprint density at radius 1 is 1.19 bits per heavy atom. The summed E-state index contributed by atoms with van der Waals surface area (Å²) in [5.41, 5.74) is 3.30. The quantitative estimate of drug-likeness (QED) is 0.277. The van der Waals surface area contributed by atoms with Gasteiger partial charge in [-0.2, -0.15) is 0 Å². The van der Waals surface area contributed by atoms with Gasteiger partial charge in [0.25, 0.3) is 5.56 Å². The fourth-order valence-electron chi connectivity index (χ4n) is 4.80. The molecule has 1 aliphatic heterocycles. The van der Waals surface area contributed by atoms with Crippen molar-refractivity contribution >= 4 is 34.3 Å². The zero-order valence-electron chi connectivity index (χ0n) is 20.9. The standard InChI is InChI=1S/C29H27N3O4S/c1-5-15-31-17-19(20-11-7-9-13-22(20)31)16-24-27(33)32-26(21-12-8-10-14-23(21)35-4)25(28(34)36-6-2)18(3)30-29(32)37-24/h5,7-14,16-17,26H,1,6,15H2,2-4H3/b24-16-. The van der Waals surface area contributed by atoms with E-state index in [-0.39, 0.29) is 12.2 Å². The molecule has 188 valence electrons. The van der Waals surface area contributed by atoms with Gasteiger partial charge in [-0.1, -0.05) is 53.8 Å². The second kappa shape index (κ2) is 10.1. The molecule has 0 radical (unpaired) electrons. The van der Waals surface area contributed by atoms with Crippen molar-refractivity contribution in [1.82, 2.24) is 9.13 Å². The van der Waals surface area contributed by atoms with Crippen LogP contribution in [0.4, 0.5) is 0 Å². The van der Waals surface area contributed by atoms with Crippen LogP contribution in [0.5, 0.6) is 5.75 Å². The molecule has 0 saturated heterocycles. The topological polar surface area (TPSA) is 74.8 Å². The number of benzene rings is 2. The number of esters is 1. The molecule has 0 N–H and O–H groups in total. The Balaban J connectivity index is 1.76. The molecule has 7 nitrogen and oxygen atoms in total. The van der Waals surface area contributed by atoms with Gasteiger partial charge in [0.2, 0.25) is 0 Å². The third-order valence-corrected chi connectivity index (χ3v) is 7.37. The van der Waals surface area contributed by atoms with Gasteiger partial charge in [0.05, 0.1) is 29.5 Å². The third kappa shape index (κ3) is 4.23. The van der Waals surface area contributed by atoms with Crippen molar-refractivity contribution in [2.75, 3.05) is 13.7 Å². The summed E-state index contributed by atoms with van der Waals surface area (Å²) in [7, 11) is 1.57. The Hall–Kier alpha value is -4.17. The highest BCUT2D eigenvalue weighted by Gasteiger charge is 2.35. The number of ether oxygens (including phenoxy) is 2. The van der Waals surface area contributed by atoms with Crippen LogP contribution < -0.4 is 19.6 Å². The fourth-order valence-corrected chi connectivity index (χ4v) is 5.84. The zero-order valence-corrected chi connectivity index (χ0v) is 21.7. The average molecular weight is 514 g/mol. The first kappa shape index (κ1) is 24.5. The SMILES string of the molecule is C=CCn1cc(/C=c2\sc3n(c2=O)C(c2ccccc2OC)C(C(=O)OCC)=C(C)N=3)c2ccccc21. The highest BCUT2D eigenvalue weighted by atomic mass is 32.1. The van der Waals surface area contributed by atoms with Crippen LogP contribution >= 0.6 is 11.3 Å². The van der Waals surface area contributed by atoms with Crippen molar-refractivity contribution in [2.45, 2.75) is 26.4 Å². The van der Waals surface area contributed by atoms with E-state index in [1.54, 1.807) is 25.5 Å². The summed E-state index contributed by atoms with van der Waals surface area (Å²) in [6.07, 6.45) is 5.77. The van der Waals surface area contributed by atoms with Crippen molar-refractivity contribution in [1.29, 1.82) is 0 Å². The molecule has 1 aliphatic rings. The summed E-state index contributed by atoms with van der Waals surface area (Å²) in [5, 5.41) is 1.04. The van der Waals surface area contributed by atoms with Gasteiger partial charge in [0, 0.05) is 34.8 Å². The molecule has 0 saturated carbocycles. The number of carbonyl (C=O) groups excluding carboxylic acids is 1. The summed E-state index contributed by atoms with van der Waals surface area (Å²) in [6, 6.07) is 14.7. The molecule has 0 bridgehead atoms. The molecular formula is C29H27N3O4S. The number of fused-ring (bicyclic) bond motifs is 2. The van der Waals surface area contributed by atoms with Crippen LogP contribution in [0.3, 0.4) is 0 Å². The average Bonchev–Trinajstić information content (AvgIpc) is 3.40. The van der Waals surface area contributed by atoms with Gasteiger partial charge in [-0.05, 0) is 32.1 Å². The van der Waals surface area contributed by atoms with E-state index in [4.69, 9.17) is 9.47 Å². The van der Waals surface area contributed by atoms with Crippen LogP contribution in [0.1, 0.15) is 31.0 Å². The van der Waals surface area contributed by atoms with E-state index in [0.29, 0.717) is 38.5 Å². The minimum absolute atomic E-state index is 0.216. The Labute approximate surface area is 217 Å². The lowest BCUT2D eigenvalue weighted by molar-refractivity contribution is -0.139. The Kier molecular flexibility index (Phi) is 6.67. The minimum Gasteiger partial charge on any atom is -0.496 e. The Morgan fingerprint density at radius 2 is 1.95 bits per heavy atom. The van der Waals surface area contributed by atoms with Crippen LogP contribution in [0.25, 0.3) is 17.0 Å². The number of hydrogen-bond acceptors (Lipinski definition) is 6. The van der Waals surface area contributed by atoms with Crippen molar-refractivity contribution in [3.05, 3.63) is 109 Å². The molecule has 0 spiro atoms. The van der Waals surface area contributed by atoms with Gasteiger partial charge < -0.3 is 14.0 Å². The first-order valence-electron chi connectivity index (χ1n) is 12.0. The summed E-state index contributed by atoms with van der Waals surface area (Å²) >= 11 is 1.30. The van der Waals surface area contributed by atoms with Crippen LogP contribution in [0.15, 0.2) is 88.4 Å². The van der Waals surface area contributed by atoms with E-state index >= 15 is 0 Å². The first-order valence-corrected chi connectivity index (χ1v) is 12.8. The number of rotatable bonds is 7.